The van der Waals surface area contributed by atoms with Crippen LogP contribution in [0.1, 0.15) is 24.1 Å². The monoisotopic (exact) mass is 288 g/mol. The summed E-state index contributed by atoms with van der Waals surface area (Å²) < 4.78 is 0. The SMILES string of the molecule is CC(c1ccccc1Cl)N(C)c1cnccc1C(=N)N. The topological polar surface area (TPSA) is 66.0 Å². The molecule has 0 aliphatic carbocycles. The smallest absolute Gasteiger partial charge is 0.125 e. The molecule has 0 spiro atoms. The Morgan fingerprint density at radius 1 is 1.35 bits per heavy atom. The number of halogens is 1. The zero-order chi connectivity index (χ0) is 14.7. The molecular weight excluding hydrogens is 272 g/mol. The molecule has 1 heterocycles. The lowest BCUT2D eigenvalue weighted by molar-refractivity contribution is 0.737. The Bertz CT molecular complexity index is 627. The number of hydrogen-bond donors (Lipinski definition) is 2. The molecule has 1 aromatic heterocycles. The largest absolute Gasteiger partial charge is 0.384 e. The maximum atomic E-state index is 7.65. The Hall–Kier alpha value is -2.07. The van der Waals surface area contributed by atoms with Crippen LogP contribution in [-0.2, 0) is 0 Å². The van der Waals surface area contributed by atoms with Crippen LogP contribution in [0.4, 0.5) is 5.69 Å². The van der Waals surface area contributed by atoms with Gasteiger partial charge in [-0.1, -0.05) is 29.8 Å². The fraction of sp³-hybridized carbons (Fsp3) is 0.200. The molecule has 1 atom stereocenters. The molecule has 0 saturated heterocycles. The molecule has 0 saturated carbocycles. The van der Waals surface area contributed by atoms with Gasteiger partial charge in [-0.3, -0.25) is 10.4 Å². The summed E-state index contributed by atoms with van der Waals surface area (Å²) in [7, 11) is 1.94. The lowest BCUT2D eigenvalue weighted by Crippen LogP contribution is -2.25. The summed E-state index contributed by atoms with van der Waals surface area (Å²) in [5.74, 6) is 0.0283. The van der Waals surface area contributed by atoms with Crippen LogP contribution in [0.3, 0.4) is 0 Å². The second-order valence-corrected chi connectivity index (χ2v) is 5.02. The standard InChI is InChI=1S/C15H17ClN4/c1-10(11-5-3-4-6-13(11)16)20(2)14-9-19-8-7-12(14)15(17)18/h3-10H,1-2H3,(H3,17,18). The molecule has 5 heteroatoms. The summed E-state index contributed by atoms with van der Waals surface area (Å²) in [6, 6.07) is 9.52. The van der Waals surface area contributed by atoms with Crippen LogP contribution in [0, 0.1) is 5.41 Å². The van der Waals surface area contributed by atoms with Gasteiger partial charge in [-0.05, 0) is 24.6 Å². The summed E-state index contributed by atoms with van der Waals surface area (Å²) in [6.07, 6.45) is 3.35. The van der Waals surface area contributed by atoms with E-state index in [1.54, 1.807) is 18.5 Å². The summed E-state index contributed by atoms with van der Waals surface area (Å²) in [6.45, 7) is 2.05. The minimum absolute atomic E-state index is 0.0283. The number of nitrogen functional groups attached to an aromatic ring is 1. The van der Waals surface area contributed by atoms with Gasteiger partial charge in [0.2, 0.25) is 0 Å². The van der Waals surface area contributed by atoms with Gasteiger partial charge < -0.3 is 10.6 Å². The molecule has 0 radical (unpaired) electrons. The van der Waals surface area contributed by atoms with E-state index in [2.05, 4.69) is 11.9 Å². The quantitative estimate of drug-likeness (QED) is 0.670. The van der Waals surface area contributed by atoms with E-state index < -0.39 is 0 Å². The third-order valence-electron chi connectivity index (χ3n) is 3.41. The van der Waals surface area contributed by atoms with Crippen molar-refractivity contribution in [3.63, 3.8) is 0 Å². The van der Waals surface area contributed by atoms with Crippen LogP contribution < -0.4 is 10.6 Å². The van der Waals surface area contributed by atoms with Crippen LogP contribution in [0.25, 0.3) is 0 Å². The highest BCUT2D eigenvalue weighted by Gasteiger charge is 2.18. The van der Waals surface area contributed by atoms with Crippen molar-refractivity contribution < 1.29 is 0 Å². The van der Waals surface area contributed by atoms with Crippen molar-refractivity contribution >= 4 is 23.1 Å². The molecule has 20 heavy (non-hydrogen) atoms. The van der Waals surface area contributed by atoms with E-state index in [4.69, 9.17) is 22.7 Å². The number of nitrogens with one attached hydrogen (secondary N) is 1. The average Bonchev–Trinajstić information content (AvgIpc) is 2.46. The minimum atomic E-state index is 0.0283. The van der Waals surface area contributed by atoms with Crippen molar-refractivity contribution in [1.29, 1.82) is 5.41 Å². The number of aromatic nitrogens is 1. The molecule has 1 unspecified atom stereocenters. The fourth-order valence-corrected chi connectivity index (χ4v) is 2.42. The first kappa shape index (κ1) is 14.3. The molecule has 3 N–H and O–H groups in total. The van der Waals surface area contributed by atoms with E-state index in [0.29, 0.717) is 5.56 Å². The number of nitrogens with zero attached hydrogens (tertiary/aromatic N) is 2. The number of rotatable bonds is 4. The first-order chi connectivity index (χ1) is 9.52. The summed E-state index contributed by atoms with van der Waals surface area (Å²) in [5, 5.41) is 8.38. The van der Waals surface area contributed by atoms with E-state index in [1.807, 2.05) is 36.2 Å². The molecule has 0 fully saturated rings. The predicted octanol–water partition coefficient (Wildman–Crippen LogP) is 3.22. The van der Waals surface area contributed by atoms with Gasteiger partial charge in [0.15, 0.2) is 0 Å². The zero-order valence-corrected chi connectivity index (χ0v) is 12.2. The second kappa shape index (κ2) is 5.92. The second-order valence-electron chi connectivity index (χ2n) is 4.61. The molecule has 104 valence electrons. The van der Waals surface area contributed by atoms with Crippen LogP contribution >= 0.6 is 11.6 Å². The van der Waals surface area contributed by atoms with Crippen LogP contribution in [-0.4, -0.2) is 17.9 Å². The fourth-order valence-electron chi connectivity index (χ4n) is 2.13. The zero-order valence-electron chi connectivity index (χ0n) is 11.5. The molecule has 0 bridgehead atoms. The van der Waals surface area contributed by atoms with Gasteiger partial charge in [-0.25, -0.2) is 0 Å². The lowest BCUT2D eigenvalue weighted by Gasteiger charge is -2.29. The van der Waals surface area contributed by atoms with Gasteiger partial charge in [0.25, 0.3) is 0 Å². The number of pyridine rings is 1. The summed E-state index contributed by atoms with van der Waals surface area (Å²) in [5.41, 5.74) is 8.13. The highest BCUT2D eigenvalue weighted by atomic mass is 35.5. The van der Waals surface area contributed by atoms with Crippen molar-refractivity contribution in [3.8, 4) is 0 Å². The average molecular weight is 289 g/mol. The summed E-state index contributed by atoms with van der Waals surface area (Å²) >= 11 is 6.24. The first-order valence-corrected chi connectivity index (χ1v) is 6.66. The van der Waals surface area contributed by atoms with Crippen molar-refractivity contribution in [2.24, 2.45) is 5.73 Å². The molecule has 0 aliphatic heterocycles. The number of amidine groups is 1. The third-order valence-corrected chi connectivity index (χ3v) is 3.75. The predicted molar refractivity (Wildman–Crippen MR) is 83.5 cm³/mol. The van der Waals surface area contributed by atoms with E-state index in [-0.39, 0.29) is 11.9 Å². The number of nitrogens with two attached hydrogens (primary N) is 1. The first-order valence-electron chi connectivity index (χ1n) is 6.28. The normalized spacial score (nSPS) is 11.9. The Balaban J connectivity index is 2.39. The third kappa shape index (κ3) is 2.75. The van der Waals surface area contributed by atoms with Crippen LogP contribution in [0.15, 0.2) is 42.7 Å². The lowest BCUT2D eigenvalue weighted by atomic mass is 10.1. The molecule has 0 amide bonds. The van der Waals surface area contributed by atoms with E-state index in [1.165, 1.54) is 0 Å². The van der Waals surface area contributed by atoms with Crippen molar-refractivity contribution in [2.75, 3.05) is 11.9 Å². The van der Waals surface area contributed by atoms with E-state index in [0.717, 1.165) is 16.3 Å². The number of anilines is 1. The number of hydrogen-bond acceptors (Lipinski definition) is 3. The van der Waals surface area contributed by atoms with Gasteiger partial charge in [-0.15, -0.1) is 0 Å². The van der Waals surface area contributed by atoms with Gasteiger partial charge >= 0.3 is 0 Å². The maximum Gasteiger partial charge on any atom is 0.125 e. The molecule has 4 nitrogen and oxygen atoms in total. The van der Waals surface area contributed by atoms with Crippen molar-refractivity contribution in [2.45, 2.75) is 13.0 Å². The van der Waals surface area contributed by atoms with Crippen molar-refractivity contribution in [3.05, 3.63) is 58.9 Å². The van der Waals surface area contributed by atoms with Gasteiger partial charge in [-0.2, -0.15) is 0 Å². The maximum absolute atomic E-state index is 7.65. The highest BCUT2D eigenvalue weighted by molar-refractivity contribution is 6.31. The highest BCUT2D eigenvalue weighted by Crippen LogP contribution is 2.31. The van der Waals surface area contributed by atoms with Gasteiger partial charge in [0.05, 0.1) is 17.9 Å². The van der Waals surface area contributed by atoms with E-state index in [9.17, 15) is 0 Å². The Labute approximate surface area is 123 Å². The Morgan fingerprint density at radius 3 is 2.70 bits per heavy atom. The minimum Gasteiger partial charge on any atom is -0.384 e. The Morgan fingerprint density at radius 2 is 2.05 bits per heavy atom. The molecule has 2 rings (SSSR count). The molecule has 0 aliphatic rings. The van der Waals surface area contributed by atoms with Crippen molar-refractivity contribution in [1.82, 2.24) is 4.98 Å². The molecular formula is C15H17ClN4. The van der Waals surface area contributed by atoms with Gasteiger partial charge in [0.1, 0.15) is 5.84 Å². The van der Waals surface area contributed by atoms with Gasteiger partial charge in [0, 0.05) is 23.8 Å². The van der Waals surface area contributed by atoms with E-state index >= 15 is 0 Å². The summed E-state index contributed by atoms with van der Waals surface area (Å²) in [4.78, 5) is 6.14. The molecule has 1 aromatic carbocycles. The Kier molecular flexibility index (Phi) is 4.25. The number of benzene rings is 1. The molecule has 2 aromatic rings. The van der Waals surface area contributed by atoms with Crippen LogP contribution in [0.2, 0.25) is 5.02 Å². The van der Waals surface area contributed by atoms with Crippen LogP contribution in [0.5, 0.6) is 0 Å².